The van der Waals surface area contributed by atoms with Crippen LogP contribution in [0.3, 0.4) is 0 Å². The summed E-state index contributed by atoms with van der Waals surface area (Å²) in [5.74, 6) is -0.802. The van der Waals surface area contributed by atoms with Gasteiger partial charge in [0.25, 0.3) is 11.8 Å². The summed E-state index contributed by atoms with van der Waals surface area (Å²) in [4.78, 5) is 38.3. The summed E-state index contributed by atoms with van der Waals surface area (Å²) >= 11 is 0. The van der Waals surface area contributed by atoms with Crippen LogP contribution in [-0.4, -0.2) is 47.4 Å². The Morgan fingerprint density at radius 3 is 2.39 bits per heavy atom. The Balaban J connectivity index is 1.37. The van der Waals surface area contributed by atoms with E-state index < -0.39 is 0 Å². The van der Waals surface area contributed by atoms with Crippen LogP contribution in [0.5, 0.6) is 5.75 Å². The number of nitrogens with one attached hydrogen (secondary N) is 2. The third-order valence-corrected chi connectivity index (χ3v) is 5.54. The molecule has 0 atom stereocenters. The van der Waals surface area contributed by atoms with Gasteiger partial charge in [-0.05, 0) is 47.4 Å². The summed E-state index contributed by atoms with van der Waals surface area (Å²) < 4.78 is 0. The Hall–Kier alpha value is -4.13. The van der Waals surface area contributed by atoms with E-state index in [-0.39, 0.29) is 42.1 Å². The molecule has 0 bridgehead atoms. The summed E-state index contributed by atoms with van der Waals surface area (Å²) in [5, 5.41) is 15.7. The molecular formula is C26H25N3O4. The van der Waals surface area contributed by atoms with E-state index >= 15 is 0 Å². The zero-order valence-electron chi connectivity index (χ0n) is 18.1. The minimum absolute atomic E-state index is 0.0590. The largest absolute Gasteiger partial charge is 0.507 e. The van der Waals surface area contributed by atoms with E-state index in [1.807, 2.05) is 30.3 Å². The lowest BCUT2D eigenvalue weighted by Crippen LogP contribution is -2.49. The standard InChI is InChI=1S/C26H25N3O4/c30-23-11-8-20(14-18-4-2-1-3-5-18)15-22(23)25(32)28-16-19-6-9-21(10-7-19)26(33)29-13-12-27-24(31)17-29/h1-11,15,30H,12-14,16-17H2,(H,27,31)(H,28,32). The fraction of sp³-hybridized carbons (Fsp3) is 0.192. The summed E-state index contributed by atoms with van der Waals surface area (Å²) in [5.41, 5.74) is 3.58. The minimum Gasteiger partial charge on any atom is -0.507 e. The number of piperazine rings is 1. The average molecular weight is 444 g/mol. The van der Waals surface area contributed by atoms with Crippen LogP contribution in [0, 0.1) is 0 Å². The number of nitrogens with zero attached hydrogens (tertiary/aromatic N) is 1. The van der Waals surface area contributed by atoms with Gasteiger partial charge in [0.05, 0.1) is 12.1 Å². The molecule has 33 heavy (non-hydrogen) atoms. The fourth-order valence-electron chi connectivity index (χ4n) is 3.74. The molecule has 0 aliphatic carbocycles. The maximum atomic E-state index is 12.7. The van der Waals surface area contributed by atoms with Gasteiger partial charge in [-0.2, -0.15) is 0 Å². The highest BCUT2D eigenvalue weighted by atomic mass is 16.3. The number of hydrogen-bond donors (Lipinski definition) is 3. The Bertz CT molecular complexity index is 1160. The molecule has 7 heteroatoms. The van der Waals surface area contributed by atoms with Crippen LogP contribution in [0.2, 0.25) is 0 Å². The molecule has 3 amide bonds. The third-order valence-electron chi connectivity index (χ3n) is 5.54. The van der Waals surface area contributed by atoms with Crippen LogP contribution in [0.4, 0.5) is 0 Å². The van der Waals surface area contributed by atoms with Crippen LogP contribution >= 0.6 is 0 Å². The van der Waals surface area contributed by atoms with Crippen molar-refractivity contribution in [2.75, 3.05) is 19.6 Å². The summed E-state index contributed by atoms with van der Waals surface area (Å²) in [6.45, 7) is 1.24. The Labute approximate surface area is 192 Å². The van der Waals surface area contributed by atoms with Crippen molar-refractivity contribution in [3.8, 4) is 5.75 Å². The summed E-state index contributed by atoms with van der Waals surface area (Å²) in [7, 11) is 0. The van der Waals surface area contributed by atoms with Gasteiger partial charge in [0.1, 0.15) is 5.75 Å². The van der Waals surface area contributed by atoms with E-state index in [2.05, 4.69) is 10.6 Å². The van der Waals surface area contributed by atoms with Gasteiger partial charge in [-0.25, -0.2) is 0 Å². The molecular weight excluding hydrogens is 418 g/mol. The fourth-order valence-corrected chi connectivity index (χ4v) is 3.74. The van der Waals surface area contributed by atoms with Gasteiger partial charge in [-0.3, -0.25) is 14.4 Å². The van der Waals surface area contributed by atoms with Crippen LogP contribution in [-0.2, 0) is 17.8 Å². The summed E-state index contributed by atoms with van der Waals surface area (Å²) in [6, 6.07) is 21.9. The van der Waals surface area contributed by atoms with Crippen molar-refractivity contribution in [3.05, 3.63) is 101 Å². The number of aromatic hydroxyl groups is 1. The van der Waals surface area contributed by atoms with Gasteiger partial charge in [-0.15, -0.1) is 0 Å². The maximum absolute atomic E-state index is 12.7. The van der Waals surface area contributed by atoms with Crippen LogP contribution in [0.1, 0.15) is 37.4 Å². The highest BCUT2D eigenvalue weighted by Gasteiger charge is 2.22. The van der Waals surface area contributed by atoms with Crippen molar-refractivity contribution < 1.29 is 19.5 Å². The quantitative estimate of drug-likeness (QED) is 0.545. The molecule has 1 saturated heterocycles. The molecule has 1 heterocycles. The lowest BCUT2D eigenvalue weighted by Gasteiger charge is -2.26. The first kappa shape index (κ1) is 22.1. The highest BCUT2D eigenvalue weighted by molar-refractivity contribution is 5.98. The van der Waals surface area contributed by atoms with Crippen molar-refractivity contribution in [1.82, 2.24) is 15.5 Å². The molecule has 0 saturated carbocycles. The average Bonchev–Trinajstić information content (AvgIpc) is 2.84. The number of carbonyl (C=O) groups is 3. The van der Waals surface area contributed by atoms with Gasteiger partial charge in [0, 0.05) is 25.2 Å². The smallest absolute Gasteiger partial charge is 0.255 e. The predicted octanol–water partition coefficient (Wildman–Crippen LogP) is 2.49. The number of phenolic OH excluding ortho intramolecular Hbond substituents is 1. The van der Waals surface area contributed by atoms with Gasteiger partial charge in [-0.1, -0.05) is 48.5 Å². The lowest BCUT2D eigenvalue weighted by molar-refractivity contribution is -0.123. The molecule has 0 aromatic heterocycles. The molecule has 0 radical (unpaired) electrons. The normalized spacial score (nSPS) is 13.3. The van der Waals surface area contributed by atoms with Crippen LogP contribution < -0.4 is 10.6 Å². The number of amides is 3. The molecule has 7 nitrogen and oxygen atoms in total. The molecule has 1 aliphatic rings. The zero-order valence-corrected chi connectivity index (χ0v) is 18.1. The van der Waals surface area contributed by atoms with E-state index in [1.165, 1.54) is 11.0 Å². The molecule has 0 spiro atoms. The Kier molecular flexibility index (Phi) is 6.69. The van der Waals surface area contributed by atoms with Crippen molar-refractivity contribution >= 4 is 17.7 Å². The molecule has 1 aliphatic heterocycles. The molecule has 3 aromatic carbocycles. The third kappa shape index (κ3) is 5.57. The molecule has 4 rings (SSSR count). The number of carbonyl (C=O) groups excluding carboxylic acids is 3. The molecule has 168 valence electrons. The maximum Gasteiger partial charge on any atom is 0.255 e. The van der Waals surface area contributed by atoms with Gasteiger partial charge in [0.15, 0.2) is 0 Å². The predicted molar refractivity (Wildman–Crippen MR) is 124 cm³/mol. The van der Waals surface area contributed by atoms with Crippen molar-refractivity contribution in [2.24, 2.45) is 0 Å². The van der Waals surface area contributed by atoms with E-state index in [0.29, 0.717) is 25.1 Å². The van der Waals surface area contributed by atoms with Gasteiger partial charge < -0.3 is 20.6 Å². The van der Waals surface area contributed by atoms with E-state index in [4.69, 9.17) is 0 Å². The Morgan fingerprint density at radius 1 is 0.939 bits per heavy atom. The number of benzene rings is 3. The van der Waals surface area contributed by atoms with Crippen LogP contribution in [0.15, 0.2) is 72.8 Å². The molecule has 3 N–H and O–H groups in total. The minimum atomic E-state index is -0.373. The van der Waals surface area contributed by atoms with E-state index in [9.17, 15) is 19.5 Å². The second-order valence-corrected chi connectivity index (χ2v) is 7.97. The second kappa shape index (κ2) is 9.99. The van der Waals surface area contributed by atoms with Gasteiger partial charge in [0.2, 0.25) is 5.91 Å². The number of phenols is 1. The highest BCUT2D eigenvalue weighted by Crippen LogP contribution is 2.21. The van der Waals surface area contributed by atoms with Crippen molar-refractivity contribution in [3.63, 3.8) is 0 Å². The van der Waals surface area contributed by atoms with Gasteiger partial charge >= 0.3 is 0 Å². The SMILES string of the molecule is O=C1CN(C(=O)c2ccc(CNC(=O)c3cc(Cc4ccccc4)ccc3O)cc2)CCN1. The van der Waals surface area contributed by atoms with Crippen molar-refractivity contribution in [1.29, 1.82) is 0 Å². The van der Waals surface area contributed by atoms with E-state index in [0.717, 1.165) is 16.7 Å². The first-order valence-corrected chi connectivity index (χ1v) is 10.8. The first-order valence-electron chi connectivity index (χ1n) is 10.8. The lowest BCUT2D eigenvalue weighted by atomic mass is 10.0. The van der Waals surface area contributed by atoms with Crippen LogP contribution in [0.25, 0.3) is 0 Å². The summed E-state index contributed by atoms with van der Waals surface area (Å²) in [6.07, 6.45) is 0.662. The topological polar surface area (TPSA) is 98.7 Å². The first-order chi connectivity index (χ1) is 16.0. The van der Waals surface area contributed by atoms with E-state index in [1.54, 1.807) is 36.4 Å². The molecule has 0 unspecified atom stereocenters. The number of rotatable bonds is 6. The Morgan fingerprint density at radius 2 is 1.67 bits per heavy atom. The zero-order chi connectivity index (χ0) is 23.2. The number of hydrogen-bond acceptors (Lipinski definition) is 4. The molecule has 1 fully saturated rings. The monoisotopic (exact) mass is 443 g/mol. The molecule has 3 aromatic rings. The van der Waals surface area contributed by atoms with Crippen molar-refractivity contribution in [2.45, 2.75) is 13.0 Å². The second-order valence-electron chi connectivity index (χ2n) is 7.97.